The van der Waals surface area contributed by atoms with Crippen molar-refractivity contribution < 1.29 is 19.2 Å². The van der Waals surface area contributed by atoms with E-state index in [1.165, 1.54) is 9.80 Å². The molecule has 0 spiro atoms. The number of urea groups is 2. The monoisotopic (exact) mass is 760 g/mol. The van der Waals surface area contributed by atoms with Crippen molar-refractivity contribution in [2.24, 2.45) is 11.8 Å². The lowest BCUT2D eigenvalue weighted by atomic mass is 9.99. The van der Waals surface area contributed by atoms with Crippen LogP contribution < -0.4 is 21.3 Å². The Morgan fingerprint density at radius 1 is 0.536 bits per heavy atom. The minimum absolute atomic E-state index is 0.208. The van der Waals surface area contributed by atoms with Gasteiger partial charge in [0.25, 0.3) is 0 Å². The Bertz CT molecular complexity index is 1710. The van der Waals surface area contributed by atoms with Crippen molar-refractivity contribution in [1.29, 1.82) is 0 Å². The number of aromatic nitrogens is 2. The Labute approximate surface area is 331 Å². The maximum absolute atomic E-state index is 13.9. The van der Waals surface area contributed by atoms with Crippen molar-refractivity contribution in [3.8, 4) is 0 Å². The largest absolute Gasteiger partial charge is 0.348 e. The molecule has 296 valence electrons. The molecule has 12 heteroatoms. The third kappa shape index (κ3) is 14.0. The lowest BCUT2D eigenvalue weighted by molar-refractivity contribution is -0.125. The van der Waals surface area contributed by atoms with Crippen LogP contribution in [-0.2, 0) is 35.5 Å². The van der Waals surface area contributed by atoms with Gasteiger partial charge in [-0.3, -0.25) is 19.6 Å². The Morgan fingerprint density at radius 2 is 0.893 bits per heavy atom. The van der Waals surface area contributed by atoms with Gasteiger partial charge in [0, 0.05) is 26.5 Å². The number of nitrogens with one attached hydrogen (secondary N) is 4. The molecule has 4 N–H and O–H groups in total. The van der Waals surface area contributed by atoms with Gasteiger partial charge in [-0.15, -0.1) is 0 Å². The van der Waals surface area contributed by atoms with Crippen molar-refractivity contribution in [3.63, 3.8) is 0 Å². The Morgan fingerprint density at radius 3 is 1.21 bits per heavy atom. The highest BCUT2D eigenvalue weighted by molar-refractivity contribution is 5.88. The van der Waals surface area contributed by atoms with Crippen LogP contribution in [0.25, 0.3) is 0 Å². The molecular formula is C44H56N8O4. The van der Waals surface area contributed by atoms with Crippen LogP contribution in [0.2, 0.25) is 0 Å². The Balaban J connectivity index is 1.53. The number of rotatable bonds is 18. The van der Waals surface area contributed by atoms with E-state index in [1.54, 1.807) is 26.5 Å². The summed E-state index contributed by atoms with van der Waals surface area (Å²) < 4.78 is 0. The van der Waals surface area contributed by atoms with Crippen molar-refractivity contribution in [2.75, 3.05) is 14.1 Å². The summed E-state index contributed by atoms with van der Waals surface area (Å²) in [5.41, 5.74) is 3.47. The summed E-state index contributed by atoms with van der Waals surface area (Å²) in [7, 11) is 3.33. The van der Waals surface area contributed by atoms with E-state index in [9.17, 15) is 19.2 Å². The first-order chi connectivity index (χ1) is 26.9. The molecule has 56 heavy (non-hydrogen) atoms. The van der Waals surface area contributed by atoms with Crippen LogP contribution in [0.3, 0.4) is 0 Å². The van der Waals surface area contributed by atoms with Crippen molar-refractivity contribution >= 4 is 23.9 Å². The number of carbonyl (C=O) groups is 4. The Hall–Kier alpha value is -6.04. The third-order valence-electron chi connectivity index (χ3n) is 9.23. The molecule has 0 radical (unpaired) electrons. The molecule has 6 amide bonds. The first-order valence-electron chi connectivity index (χ1n) is 19.1. The van der Waals surface area contributed by atoms with E-state index in [-0.39, 0.29) is 48.8 Å². The second kappa shape index (κ2) is 21.7. The zero-order valence-corrected chi connectivity index (χ0v) is 33.3. The van der Waals surface area contributed by atoms with Crippen LogP contribution in [0.1, 0.15) is 50.2 Å². The summed E-state index contributed by atoms with van der Waals surface area (Å²) in [5, 5.41) is 12.1. The summed E-state index contributed by atoms with van der Waals surface area (Å²) in [5.74, 6) is -1.07. The number of carbonyl (C=O) groups excluding carboxylic acids is 4. The molecule has 0 bridgehead atoms. The predicted molar refractivity (Wildman–Crippen MR) is 219 cm³/mol. The fraction of sp³-hybridized carbons (Fsp3) is 0.364. The number of hydrogen-bond acceptors (Lipinski definition) is 6. The van der Waals surface area contributed by atoms with Gasteiger partial charge in [0.15, 0.2) is 0 Å². The highest BCUT2D eigenvalue weighted by atomic mass is 16.2. The van der Waals surface area contributed by atoms with Crippen LogP contribution in [0, 0.1) is 11.8 Å². The van der Waals surface area contributed by atoms with Gasteiger partial charge in [0.05, 0.1) is 36.6 Å². The first-order valence-corrected chi connectivity index (χ1v) is 19.1. The van der Waals surface area contributed by atoms with E-state index < -0.39 is 24.2 Å². The normalized spacial score (nSPS) is 13.4. The van der Waals surface area contributed by atoms with Crippen molar-refractivity contribution in [2.45, 2.75) is 77.8 Å². The lowest BCUT2D eigenvalue weighted by Crippen LogP contribution is -2.55. The van der Waals surface area contributed by atoms with Crippen LogP contribution in [0.15, 0.2) is 122 Å². The quantitative estimate of drug-likeness (QED) is 0.0983. The molecule has 0 unspecified atom stereocenters. The van der Waals surface area contributed by atoms with Gasteiger partial charge in [-0.25, -0.2) is 9.59 Å². The number of nitrogens with zero attached hydrogens (tertiary/aromatic N) is 4. The van der Waals surface area contributed by atoms with E-state index in [1.807, 2.05) is 137 Å². The van der Waals surface area contributed by atoms with Crippen LogP contribution in [0.5, 0.6) is 0 Å². The second-order valence-electron chi connectivity index (χ2n) is 14.7. The average Bonchev–Trinajstić information content (AvgIpc) is 3.18. The molecule has 0 aliphatic rings. The zero-order chi connectivity index (χ0) is 40.5. The van der Waals surface area contributed by atoms with Gasteiger partial charge in [0.2, 0.25) is 11.8 Å². The molecule has 2 aromatic heterocycles. The van der Waals surface area contributed by atoms with Gasteiger partial charge in [-0.1, -0.05) is 113 Å². The predicted octanol–water partition coefficient (Wildman–Crippen LogP) is 5.52. The van der Waals surface area contributed by atoms with E-state index in [0.29, 0.717) is 12.8 Å². The molecule has 2 aromatic carbocycles. The third-order valence-corrected chi connectivity index (χ3v) is 9.23. The number of hydrogen-bond donors (Lipinski definition) is 4. The molecule has 4 aromatic rings. The maximum atomic E-state index is 13.9. The highest BCUT2D eigenvalue weighted by Crippen LogP contribution is 2.12. The van der Waals surface area contributed by atoms with E-state index in [2.05, 4.69) is 31.2 Å². The van der Waals surface area contributed by atoms with Gasteiger partial charge in [-0.2, -0.15) is 0 Å². The van der Waals surface area contributed by atoms with Gasteiger partial charge in [-0.05, 0) is 60.1 Å². The van der Waals surface area contributed by atoms with Gasteiger partial charge >= 0.3 is 12.1 Å². The topological polar surface area (TPSA) is 149 Å². The molecule has 0 fully saturated rings. The molecule has 12 nitrogen and oxygen atoms in total. The SMILES string of the molecule is CC(C)[C@H](NC(=O)N(C)Cc1ccccn1)C(=O)N[C@H](C=C[C@H](Cc1ccccc1)NC(=O)[C@@H](NC(=O)N(C)Cc1ccccn1)C(C)C)Cc1ccccc1. The standard InChI is InChI=1S/C44H56N8O4/c1-31(2)39(49-43(55)51(5)29-37-21-13-15-25-45-37)41(53)47-35(27-33-17-9-7-10-18-33)23-24-36(28-34-19-11-8-12-20-34)48-42(54)40(32(3)4)50-44(56)52(6)30-38-22-14-16-26-46-38/h7-26,31-32,35-36,39-40H,27-30H2,1-6H3,(H,47,53)(H,48,54)(H,49,55)(H,50,56)/t35-,36-,39+,40+/m1/s1. The maximum Gasteiger partial charge on any atom is 0.318 e. The average molecular weight is 761 g/mol. The molecule has 0 aliphatic carbocycles. The van der Waals surface area contributed by atoms with Crippen molar-refractivity contribution in [3.05, 3.63) is 144 Å². The minimum atomic E-state index is -0.814. The summed E-state index contributed by atoms with van der Waals surface area (Å²) in [6.07, 6.45) is 8.09. The molecule has 4 rings (SSSR count). The van der Waals surface area contributed by atoms with E-state index >= 15 is 0 Å². The van der Waals surface area contributed by atoms with Crippen molar-refractivity contribution in [1.82, 2.24) is 41.0 Å². The summed E-state index contributed by atoms with van der Waals surface area (Å²) in [6.45, 7) is 8.12. The highest BCUT2D eigenvalue weighted by Gasteiger charge is 2.29. The summed E-state index contributed by atoms with van der Waals surface area (Å²) >= 11 is 0. The molecule has 2 heterocycles. The first kappa shape index (κ1) is 42.7. The molecular weight excluding hydrogens is 705 g/mol. The van der Waals surface area contributed by atoms with Crippen LogP contribution in [0.4, 0.5) is 9.59 Å². The molecule has 0 saturated heterocycles. The summed E-state index contributed by atoms with van der Waals surface area (Å²) in [6, 6.07) is 27.3. The van der Waals surface area contributed by atoms with Gasteiger partial charge in [0.1, 0.15) is 12.1 Å². The second-order valence-corrected chi connectivity index (χ2v) is 14.7. The fourth-order valence-electron chi connectivity index (χ4n) is 6.05. The molecule has 4 atom stereocenters. The zero-order valence-electron chi connectivity index (χ0n) is 33.3. The molecule has 0 saturated carbocycles. The van der Waals surface area contributed by atoms with Gasteiger partial charge < -0.3 is 31.1 Å². The van der Waals surface area contributed by atoms with Crippen LogP contribution >= 0.6 is 0 Å². The number of amides is 6. The molecule has 0 aliphatic heterocycles. The number of benzene rings is 2. The number of pyridine rings is 2. The smallest absolute Gasteiger partial charge is 0.318 e. The fourth-order valence-corrected chi connectivity index (χ4v) is 6.05. The van der Waals surface area contributed by atoms with Crippen LogP contribution in [-0.4, -0.2) is 81.9 Å². The minimum Gasteiger partial charge on any atom is -0.348 e. The Kier molecular flexibility index (Phi) is 16.6. The lowest BCUT2D eigenvalue weighted by Gasteiger charge is -2.28. The summed E-state index contributed by atoms with van der Waals surface area (Å²) in [4.78, 5) is 66.0. The van der Waals surface area contributed by atoms with E-state index in [4.69, 9.17) is 0 Å². The van der Waals surface area contributed by atoms with E-state index in [0.717, 1.165) is 22.5 Å².